The summed E-state index contributed by atoms with van der Waals surface area (Å²) in [4.78, 5) is -0.0524. The Balaban J connectivity index is 3.17. The van der Waals surface area contributed by atoms with Gasteiger partial charge in [0.05, 0.1) is 4.90 Å². The second-order valence-corrected chi connectivity index (χ2v) is 6.01. The van der Waals surface area contributed by atoms with Crippen LogP contribution in [0.4, 0.5) is 4.39 Å². The zero-order valence-corrected chi connectivity index (χ0v) is 11.0. The third kappa shape index (κ3) is 2.83. The maximum absolute atomic E-state index is 13.3. The Bertz CT molecular complexity index is 502. The molecule has 17 heavy (non-hydrogen) atoms. The average molecular weight is 260 g/mol. The van der Waals surface area contributed by atoms with Crippen molar-refractivity contribution in [2.24, 2.45) is 5.73 Å². The lowest BCUT2D eigenvalue weighted by Crippen LogP contribution is -2.39. The van der Waals surface area contributed by atoms with Crippen molar-refractivity contribution in [3.63, 3.8) is 0 Å². The minimum atomic E-state index is -3.68. The molecule has 0 aliphatic rings. The number of nitrogens with two attached hydrogens (primary N) is 1. The Morgan fingerprint density at radius 2 is 2.06 bits per heavy atom. The molecule has 0 amide bonds. The molecular formula is C11H17FN2O2S. The highest BCUT2D eigenvalue weighted by atomic mass is 32.2. The van der Waals surface area contributed by atoms with Crippen molar-refractivity contribution in [3.05, 3.63) is 29.6 Å². The second kappa shape index (κ2) is 5.12. The van der Waals surface area contributed by atoms with Crippen molar-refractivity contribution in [2.45, 2.75) is 24.8 Å². The fraction of sp³-hybridized carbons (Fsp3) is 0.455. The van der Waals surface area contributed by atoms with Gasteiger partial charge in [-0.25, -0.2) is 12.8 Å². The van der Waals surface area contributed by atoms with E-state index in [0.717, 1.165) is 10.4 Å². The summed E-state index contributed by atoms with van der Waals surface area (Å²) < 4.78 is 38.7. The number of likely N-dealkylation sites (N-methyl/N-ethyl adjacent to an activating group) is 1. The van der Waals surface area contributed by atoms with E-state index in [-0.39, 0.29) is 17.5 Å². The van der Waals surface area contributed by atoms with Gasteiger partial charge in [-0.1, -0.05) is 6.07 Å². The number of halogens is 1. The molecule has 0 radical (unpaired) electrons. The molecule has 0 aliphatic carbocycles. The fourth-order valence-electron chi connectivity index (χ4n) is 1.29. The molecule has 1 aromatic rings. The van der Waals surface area contributed by atoms with E-state index in [1.54, 1.807) is 13.8 Å². The highest BCUT2D eigenvalue weighted by molar-refractivity contribution is 7.89. The third-order valence-electron chi connectivity index (χ3n) is 2.78. The Morgan fingerprint density at radius 1 is 1.47 bits per heavy atom. The molecule has 6 heteroatoms. The molecule has 0 aliphatic heterocycles. The van der Waals surface area contributed by atoms with Crippen molar-refractivity contribution in [1.29, 1.82) is 0 Å². The normalized spacial score (nSPS) is 14.0. The second-order valence-electron chi connectivity index (χ2n) is 4.02. The smallest absolute Gasteiger partial charge is 0.243 e. The van der Waals surface area contributed by atoms with Gasteiger partial charge in [0, 0.05) is 19.6 Å². The minimum absolute atomic E-state index is 0.0524. The number of hydrogen-bond acceptors (Lipinski definition) is 3. The Kier molecular flexibility index (Phi) is 4.24. The maximum atomic E-state index is 13.3. The van der Waals surface area contributed by atoms with Crippen LogP contribution < -0.4 is 5.73 Å². The summed E-state index contributed by atoms with van der Waals surface area (Å²) in [5, 5.41) is 0. The molecule has 1 unspecified atom stereocenters. The number of nitrogens with zero attached hydrogens (tertiary/aromatic N) is 1. The Labute approximate surface area is 101 Å². The number of hydrogen-bond donors (Lipinski definition) is 1. The van der Waals surface area contributed by atoms with Crippen LogP contribution in [0.15, 0.2) is 23.1 Å². The standard InChI is InChI=1S/C11H17FN2O2S/c1-8-4-5-10(6-11(8)12)17(15,16)14(3)9(2)7-13/h4-6,9H,7,13H2,1-3H3. The molecule has 1 rings (SSSR count). The highest BCUT2D eigenvalue weighted by Gasteiger charge is 2.25. The molecule has 0 saturated carbocycles. The molecule has 0 heterocycles. The van der Waals surface area contributed by atoms with Gasteiger partial charge in [0.1, 0.15) is 5.82 Å². The van der Waals surface area contributed by atoms with Crippen LogP contribution in [0.2, 0.25) is 0 Å². The van der Waals surface area contributed by atoms with E-state index in [4.69, 9.17) is 5.73 Å². The fourth-order valence-corrected chi connectivity index (χ4v) is 2.67. The lowest BCUT2D eigenvalue weighted by atomic mass is 10.2. The van der Waals surface area contributed by atoms with Gasteiger partial charge in [-0.3, -0.25) is 0 Å². The van der Waals surface area contributed by atoms with Crippen LogP contribution in [0.1, 0.15) is 12.5 Å². The van der Waals surface area contributed by atoms with Crippen LogP contribution >= 0.6 is 0 Å². The third-order valence-corrected chi connectivity index (χ3v) is 4.75. The zero-order chi connectivity index (χ0) is 13.2. The predicted octanol–water partition coefficient (Wildman–Crippen LogP) is 1.10. The van der Waals surface area contributed by atoms with Gasteiger partial charge in [0.25, 0.3) is 0 Å². The Morgan fingerprint density at radius 3 is 2.53 bits per heavy atom. The number of sulfonamides is 1. The van der Waals surface area contributed by atoms with E-state index >= 15 is 0 Å². The first-order chi connectivity index (χ1) is 7.80. The van der Waals surface area contributed by atoms with Gasteiger partial charge in [-0.15, -0.1) is 0 Å². The summed E-state index contributed by atoms with van der Waals surface area (Å²) in [6.45, 7) is 3.49. The van der Waals surface area contributed by atoms with Crippen LogP contribution in [0.5, 0.6) is 0 Å². The predicted molar refractivity (Wildman–Crippen MR) is 64.6 cm³/mol. The SMILES string of the molecule is Cc1ccc(S(=O)(=O)N(C)C(C)CN)cc1F. The summed E-state index contributed by atoms with van der Waals surface area (Å²) in [7, 11) is -2.24. The Hall–Kier alpha value is -0.980. The van der Waals surface area contributed by atoms with Crippen molar-refractivity contribution < 1.29 is 12.8 Å². The summed E-state index contributed by atoms with van der Waals surface area (Å²) in [5.41, 5.74) is 5.84. The lowest BCUT2D eigenvalue weighted by Gasteiger charge is -2.23. The van der Waals surface area contributed by atoms with Crippen molar-refractivity contribution >= 4 is 10.0 Å². The zero-order valence-electron chi connectivity index (χ0n) is 10.1. The number of rotatable bonds is 4. The quantitative estimate of drug-likeness (QED) is 0.881. The summed E-state index contributed by atoms with van der Waals surface area (Å²) in [6.07, 6.45) is 0. The number of aryl methyl sites for hydroxylation is 1. The summed E-state index contributed by atoms with van der Waals surface area (Å²) in [6, 6.07) is 3.55. The van der Waals surface area contributed by atoms with Gasteiger partial charge in [0.15, 0.2) is 0 Å². The van der Waals surface area contributed by atoms with Gasteiger partial charge in [0.2, 0.25) is 10.0 Å². The van der Waals surface area contributed by atoms with Gasteiger partial charge < -0.3 is 5.73 Å². The van der Waals surface area contributed by atoms with E-state index in [2.05, 4.69) is 0 Å². The minimum Gasteiger partial charge on any atom is -0.329 e. The molecule has 0 fully saturated rings. The molecule has 4 nitrogen and oxygen atoms in total. The van der Waals surface area contributed by atoms with E-state index < -0.39 is 15.8 Å². The molecule has 0 bridgehead atoms. The maximum Gasteiger partial charge on any atom is 0.243 e. The molecule has 1 aromatic carbocycles. The molecule has 2 N–H and O–H groups in total. The molecule has 0 aromatic heterocycles. The first-order valence-electron chi connectivity index (χ1n) is 5.25. The molecule has 0 saturated heterocycles. The van der Waals surface area contributed by atoms with Crippen LogP contribution in [0.25, 0.3) is 0 Å². The monoisotopic (exact) mass is 260 g/mol. The van der Waals surface area contributed by atoms with Crippen molar-refractivity contribution in [2.75, 3.05) is 13.6 Å². The highest BCUT2D eigenvalue weighted by Crippen LogP contribution is 2.18. The first kappa shape index (κ1) is 14.1. The summed E-state index contributed by atoms with van der Waals surface area (Å²) >= 11 is 0. The number of benzene rings is 1. The van der Waals surface area contributed by atoms with E-state index in [1.807, 2.05) is 0 Å². The van der Waals surface area contributed by atoms with Crippen molar-refractivity contribution in [1.82, 2.24) is 4.31 Å². The van der Waals surface area contributed by atoms with Crippen LogP contribution in [-0.4, -0.2) is 32.4 Å². The summed E-state index contributed by atoms with van der Waals surface area (Å²) in [5.74, 6) is -0.528. The van der Waals surface area contributed by atoms with Crippen LogP contribution in [0, 0.1) is 12.7 Å². The van der Waals surface area contributed by atoms with E-state index in [0.29, 0.717) is 5.56 Å². The van der Waals surface area contributed by atoms with E-state index in [9.17, 15) is 12.8 Å². The van der Waals surface area contributed by atoms with Crippen LogP contribution in [0.3, 0.4) is 0 Å². The molecule has 96 valence electrons. The molecule has 1 atom stereocenters. The van der Waals surface area contributed by atoms with Crippen LogP contribution in [-0.2, 0) is 10.0 Å². The molecule has 0 spiro atoms. The average Bonchev–Trinajstić information content (AvgIpc) is 2.30. The first-order valence-corrected chi connectivity index (χ1v) is 6.69. The van der Waals surface area contributed by atoms with Gasteiger partial charge in [-0.05, 0) is 31.5 Å². The van der Waals surface area contributed by atoms with Gasteiger partial charge in [-0.2, -0.15) is 4.31 Å². The topological polar surface area (TPSA) is 63.4 Å². The molecular weight excluding hydrogens is 243 g/mol. The van der Waals surface area contributed by atoms with Crippen molar-refractivity contribution in [3.8, 4) is 0 Å². The van der Waals surface area contributed by atoms with E-state index in [1.165, 1.54) is 19.2 Å². The lowest BCUT2D eigenvalue weighted by molar-refractivity contribution is 0.394. The largest absolute Gasteiger partial charge is 0.329 e. The van der Waals surface area contributed by atoms with Gasteiger partial charge >= 0.3 is 0 Å².